The van der Waals surface area contributed by atoms with Gasteiger partial charge in [-0.1, -0.05) is 0 Å². The summed E-state index contributed by atoms with van der Waals surface area (Å²) in [6, 6.07) is 3.19. The number of nitrogens with two attached hydrogens (primary N) is 1. The van der Waals surface area contributed by atoms with Gasteiger partial charge in [-0.3, -0.25) is 4.79 Å². The van der Waals surface area contributed by atoms with Gasteiger partial charge in [0.15, 0.2) is 11.5 Å². The van der Waals surface area contributed by atoms with Crippen LogP contribution in [-0.4, -0.2) is 49.9 Å². The van der Waals surface area contributed by atoms with Crippen molar-refractivity contribution < 1.29 is 4.79 Å². The van der Waals surface area contributed by atoms with E-state index in [1.807, 2.05) is 0 Å². The SMILES string of the molecule is CN(C)C(=O)c1ccc(-n2cnc(N)n2)nn1. The molecule has 17 heavy (non-hydrogen) atoms. The molecule has 8 nitrogen and oxygen atoms in total. The largest absolute Gasteiger partial charge is 0.366 e. The number of hydrogen-bond donors (Lipinski definition) is 1. The Bertz CT molecular complexity index is 531. The predicted octanol–water partition coefficient (Wildman–Crippen LogP) is -0.659. The van der Waals surface area contributed by atoms with Gasteiger partial charge in [-0.15, -0.1) is 15.3 Å². The van der Waals surface area contributed by atoms with Gasteiger partial charge >= 0.3 is 0 Å². The van der Waals surface area contributed by atoms with Crippen LogP contribution in [0, 0.1) is 0 Å². The fraction of sp³-hybridized carbons (Fsp3) is 0.222. The second kappa shape index (κ2) is 4.16. The van der Waals surface area contributed by atoms with E-state index in [1.165, 1.54) is 15.9 Å². The third kappa shape index (κ3) is 2.19. The number of nitrogen functional groups attached to an aromatic ring is 1. The van der Waals surface area contributed by atoms with Crippen LogP contribution in [0.1, 0.15) is 10.5 Å². The molecule has 2 aromatic rings. The summed E-state index contributed by atoms with van der Waals surface area (Å²) in [4.78, 5) is 16.8. The number of carbonyl (C=O) groups excluding carboxylic acids is 1. The van der Waals surface area contributed by atoms with Gasteiger partial charge in [-0.05, 0) is 12.1 Å². The molecule has 0 aliphatic carbocycles. The van der Waals surface area contributed by atoms with Gasteiger partial charge in [0.1, 0.15) is 6.33 Å². The molecule has 0 atom stereocenters. The normalized spacial score (nSPS) is 10.2. The van der Waals surface area contributed by atoms with E-state index in [0.29, 0.717) is 5.82 Å². The summed E-state index contributed by atoms with van der Waals surface area (Å²) in [7, 11) is 3.30. The molecular weight excluding hydrogens is 222 g/mol. The zero-order valence-electron chi connectivity index (χ0n) is 9.40. The fourth-order valence-electron chi connectivity index (χ4n) is 1.18. The Morgan fingerprint density at radius 3 is 2.59 bits per heavy atom. The lowest BCUT2D eigenvalue weighted by molar-refractivity contribution is 0.0821. The minimum atomic E-state index is -0.206. The van der Waals surface area contributed by atoms with E-state index >= 15 is 0 Å². The highest BCUT2D eigenvalue weighted by molar-refractivity contribution is 5.91. The van der Waals surface area contributed by atoms with Crippen molar-refractivity contribution in [3.63, 3.8) is 0 Å². The molecule has 0 unspecified atom stereocenters. The molecule has 0 bridgehead atoms. The molecule has 2 aromatic heterocycles. The molecule has 2 rings (SSSR count). The summed E-state index contributed by atoms with van der Waals surface area (Å²) < 4.78 is 1.38. The van der Waals surface area contributed by atoms with Crippen LogP contribution >= 0.6 is 0 Å². The van der Waals surface area contributed by atoms with Crippen molar-refractivity contribution in [2.45, 2.75) is 0 Å². The highest BCUT2D eigenvalue weighted by atomic mass is 16.2. The molecule has 0 aliphatic heterocycles. The van der Waals surface area contributed by atoms with Crippen LogP contribution in [0.2, 0.25) is 0 Å². The first-order valence-electron chi connectivity index (χ1n) is 4.81. The van der Waals surface area contributed by atoms with E-state index in [0.717, 1.165) is 0 Å². The maximum atomic E-state index is 11.6. The second-order valence-electron chi connectivity index (χ2n) is 3.52. The van der Waals surface area contributed by atoms with Crippen molar-refractivity contribution >= 4 is 11.9 Å². The zero-order chi connectivity index (χ0) is 12.4. The van der Waals surface area contributed by atoms with Crippen LogP contribution in [0.15, 0.2) is 18.5 Å². The lowest BCUT2D eigenvalue weighted by Gasteiger charge is -2.08. The van der Waals surface area contributed by atoms with Gasteiger partial charge in [0.2, 0.25) is 5.95 Å². The topological polar surface area (TPSA) is 103 Å². The number of aromatic nitrogens is 5. The third-order valence-electron chi connectivity index (χ3n) is 2.02. The van der Waals surface area contributed by atoms with Crippen molar-refractivity contribution in [1.82, 2.24) is 29.9 Å². The van der Waals surface area contributed by atoms with Gasteiger partial charge in [-0.25, -0.2) is 4.98 Å². The summed E-state index contributed by atoms with van der Waals surface area (Å²) in [5.74, 6) is 0.395. The number of anilines is 1. The molecule has 0 spiro atoms. The summed E-state index contributed by atoms with van der Waals surface area (Å²) in [5, 5.41) is 11.6. The molecule has 2 N–H and O–H groups in total. The molecule has 2 heterocycles. The molecular formula is C9H11N7O. The maximum absolute atomic E-state index is 11.6. The number of amides is 1. The molecule has 0 aromatic carbocycles. The Labute approximate surface area is 97.1 Å². The fourth-order valence-corrected chi connectivity index (χ4v) is 1.18. The lowest BCUT2D eigenvalue weighted by atomic mass is 10.3. The highest BCUT2D eigenvalue weighted by Crippen LogP contribution is 2.04. The first kappa shape index (κ1) is 11.0. The molecule has 0 saturated carbocycles. The lowest BCUT2D eigenvalue weighted by Crippen LogP contribution is -2.23. The van der Waals surface area contributed by atoms with Crippen LogP contribution in [0.5, 0.6) is 0 Å². The molecule has 0 radical (unpaired) electrons. The Morgan fingerprint density at radius 2 is 2.12 bits per heavy atom. The van der Waals surface area contributed by atoms with E-state index < -0.39 is 0 Å². The van der Waals surface area contributed by atoms with E-state index in [4.69, 9.17) is 5.73 Å². The van der Waals surface area contributed by atoms with Crippen molar-refractivity contribution in [2.24, 2.45) is 0 Å². The van der Waals surface area contributed by atoms with Crippen molar-refractivity contribution in [1.29, 1.82) is 0 Å². The average molecular weight is 233 g/mol. The average Bonchev–Trinajstić information content (AvgIpc) is 2.75. The van der Waals surface area contributed by atoms with Gasteiger partial charge < -0.3 is 10.6 Å². The second-order valence-corrected chi connectivity index (χ2v) is 3.52. The van der Waals surface area contributed by atoms with Crippen LogP contribution in [0.25, 0.3) is 5.82 Å². The molecule has 8 heteroatoms. The van der Waals surface area contributed by atoms with Crippen molar-refractivity contribution in [3.8, 4) is 5.82 Å². The van der Waals surface area contributed by atoms with E-state index in [-0.39, 0.29) is 17.5 Å². The summed E-state index contributed by atoms with van der Waals surface area (Å²) in [5.41, 5.74) is 5.65. The Hall–Kier alpha value is -2.51. The number of rotatable bonds is 2. The summed E-state index contributed by atoms with van der Waals surface area (Å²) >= 11 is 0. The summed E-state index contributed by atoms with van der Waals surface area (Å²) in [6.07, 6.45) is 1.42. The Balaban J connectivity index is 2.27. The molecule has 1 amide bonds. The zero-order valence-corrected chi connectivity index (χ0v) is 9.40. The Kier molecular flexibility index (Phi) is 2.69. The standard InChI is InChI=1S/C9H11N7O/c1-15(2)8(17)6-3-4-7(13-12-6)16-5-11-9(10)14-16/h3-5H,1-2H3,(H2,10,14). The van der Waals surface area contributed by atoms with E-state index in [1.54, 1.807) is 26.2 Å². The molecule has 0 saturated heterocycles. The van der Waals surface area contributed by atoms with E-state index in [9.17, 15) is 4.79 Å². The maximum Gasteiger partial charge on any atom is 0.273 e. The molecule has 0 aliphatic rings. The first-order valence-corrected chi connectivity index (χ1v) is 4.81. The number of hydrogen-bond acceptors (Lipinski definition) is 6. The highest BCUT2D eigenvalue weighted by Gasteiger charge is 2.10. The predicted molar refractivity (Wildman–Crippen MR) is 59.4 cm³/mol. The van der Waals surface area contributed by atoms with Crippen LogP contribution in [0.4, 0.5) is 5.95 Å². The smallest absolute Gasteiger partial charge is 0.273 e. The monoisotopic (exact) mass is 233 g/mol. The van der Waals surface area contributed by atoms with Crippen molar-refractivity contribution in [2.75, 3.05) is 19.8 Å². The Morgan fingerprint density at radius 1 is 1.35 bits per heavy atom. The minimum absolute atomic E-state index is 0.153. The van der Waals surface area contributed by atoms with Crippen LogP contribution < -0.4 is 5.73 Å². The van der Waals surface area contributed by atoms with Crippen molar-refractivity contribution in [3.05, 3.63) is 24.2 Å². The van der Waals surface area contributed by atoms with Crippen LogP contribution in [-0.2, 0) is 0 Å². The summed E-state index contributed by atoms with van der Waals surface area (Å²) in [6.45, 7) is 0. The first-order chi connectivity index (χ1) is 8.08. The molecule has 88 valence electrons. The van der Waals surface area contributed by atoms with Crippen LogP contribution in [0.3, 0.4) is 0 Å². The number of carbonyl (C=O) groups is 1. The van der Waals surface area contributed by atoms with Gasteiger partial charge in [0, 0.05) is 14.1 Å². The van der Waals surface area contributed by atoms with Gasteiger partial charge in [-0.2, -0.15) is 4.68 Å². The minimum Gasteiger partial charge on any atom is -0.366 e. The third-order valence-corrected chi connectivity index (χ3v) is 2.02. The molecule has 0 fully saturated rings. The van der Waals surface area contributed by atoms with Gasteiger partial charge in [0.25, 0.3) is 5.91 Å². The quantitative estimate of drug-likeness (QED) is 0.738. The van der Waals surface area contributed by atoms with Gasteiger partial charge in [0.05, 0.1) is 0 Å². The van der Waals surface area contributed by atoms with E-state index in [2.05, 4.69) is 20.3 Å². The number of nitrogens with zero attached hydrogens (tertiary/aromatic N) is 6.